The number of halogens is 1. The van der Waals surface area contributed by atoms with E-state index in [-0.39, 0.29) is 12.4 Å². The van der Waals surface area contributed by atoms with Gasteiger partial charge in [-0.05, 0) is 23.8 Å². The third-order valence-electron chi connectivity index (χ3n) is 2.52. The van der Waals surface area contributed by atoms with Crippen LogP contribution in [0.5, 0.6) is 0 Å². The zero-order chi connectivity index (χ0) is 13.7. The van der Waals surface area contributed by atoms with Crippen LogP contribution in [0.4, 0.5) is 0 Å². The van der Waals surface area contributed by atoms with Crippen molar-refractivity contribution in [2.45, 2.75) is 13.2 Å². The number of benzene rings is 1. The highest BCUT2D eigenvalue weighted by molar-refractivity contribution is 9.10. The number of amides is 1. The van der Waals surface area contributed by atoms with Gasteiger partial charge in [-0.3, -0.25) is 10.2 Å². The molecule has 5 nitrogen and oxygen atoms in total. The van der Waals surface area contributed by atoms with E-state index < -0.39 is 5.91 Å². The molecule has 1 aromatic carbocycles. The minimum absolute atomic E-state index is 0.179. The van der Waals surface area contributed by atoms with E-state index in [1.165, 1.54) is 6.26 Å². The molecule has 0 saturated carbocycles. The van der Waals surface area contributed by atoms with E-state index in [2.05, 4.69) is 15.9 Å². The normalized spacial score (nSPS) is 10.4. The van der Waals surface area contributed by atoms with Crippen molar-refractivity contribution in [3.05, 3.63) is 58.0 Å². The fraction of sp³-hybridized carbons (Fsp3) is 0.154. The number of carbonyl (C=O) groups is 1. The van der Waals surface area contributed by atoms with Crippen LogP contribution in [0.25, 0.3) is 0 Å². The molecule has 0 aliphatic carbocycles. The van der Waals surface area contributed by atoms with Gasteiger partial charge in [0.25, 0.3) is 0 Å². The van der Waals surface area contributed by atoms with Crippen LogP contribution >= 0.6 is 15.9 Å². The molecule has 1 amide bonds. The molecule has 19 heavy (non-hydrogen) atoms. The zero-order valence-corrected chi connectivity index (χ0v) is 11.6. The first-order valence-electron chi connectivity index (χ1n) is 5.60. The largest absolute Gasteiger partial charge is 0.459 e. The fourth-order valence-corrected chi connectivity index (χ4v) is 1.84. The number of nitrogens with one attached hydrogen (secondary N) is 1. The minimum Gasteiger partial charge on any atom is -0.459 e. The van der Waals surface area contributed by atoms with E-state index >= 15 is 0 Å². The maximum Gasteiger partial charge on any atom is 0.301 e. The lowest BCUT2D eigenvalue weighted by Crippen LogP contribution is -2.30. The third-order valence-corrected chi connectivity index (χ3v) is 3.05. The number of hydrazine groups is 1. The van der Waals surface area contributed by atoms with Gasteiger partial charge in [0.1, 0.15) is 0 Å². The quantitative estimate of drug-likeness (QED) is 0.503. The van der Waals surface area contributed by atoms with Crippen molar-refractivity contribution in [1.29, 1.82) is 0 Å². The molecule has 2 rings (SSSR count). The maximum atomic E-state index is 11.4. The number of carbonyl (C=O) groups excluding carboxylic acids is 1. The molecule has 0 aliphatic rings. The molecule has 0 saturated heterocycles. The highest BCUT2D eigenvalue weighted by atomic mass is 79.9. The lowest BCUT2D eigenvalue weighted by molar-refractivity contribution is 0.0895. The van der Waals surface area contributed by atoms with Gasteiger partial charge in [-0.15, -0.1) is 0 Å². The number of nitrogen functional groups attached to an aromatic ring is 1. The van der Waals surface area contributed by atoms with Gasteiger partial charge in [-0.25, -0.2) is 5.84 Å². The number of furan rings is 1. The topological polar surface area (TPSA) is 77.5 Å². The lowest BCUT2D eigenvalue weighted by atomic mass is 10.2. The van der Waals surface area contributed by atoms with Crippen molar-refractivity contribution in [1.82, 2.24) is 5.43 Å². The number of rotatable bonds is 5. The fourth-order valence-electron chi connectivity index (χ4n) is 1.57. The summed E-state index contributed by atoms with van der Waals surface area (Å²) in [6.45, 7) is 0.747. The monoisotopic (exact) mass is 324 g/mol. The van der Waals surface area contributed by atoms with Gasteiger partial charge in [-0.1, -0.05) is 28.1 Å². The van der Waals surface area contributed by atoms with E-state index in [0.29, 0.717) is 12.2 Å². The van der Waals surface area contributed by atoms with Crippen molar-refractivity contribution in [2.24, 2.45) is 5.84 Å². The van der Waals surface area contributed by atoms with Crippen LogP contribution in [-0.4, -0.2) is 5.91 Å². The summed E-state index contributed by atoms with van der Waals surface area (Å²) >= 11 is 3.37. The Hall–Kier alpha value is -1.63. The second-order valence-electron chi connectivity index (χ2n) is 3.87. The summed E-state index contributed by atoms with van der Waals surface area (Å²) in [5.74, 6) is 4.77. The Morgan fingerprint density at radius 3 is 2.68 bits per heavy atom. The van der Waals surface area contributed by atoms with Gasteiger partial charge in [-0.2, -0.15) is 0 Å². The summed E-state index contributed by atoms with van der Waals surface area (Å²) < 4.78 is 11.6. The molecule has 2 aromatic rings. The molecule has 100 valence electrons. The van der Waals surface area contributed by atoms with E-state index in [1.807, 2.05) is 29.7 Å². The van der Waals surface area contributed by atoms with Crippen LogP contribution in [0.3, 0.4) is 0 Å². The van der Waals surface area contributed by atoms with E-state index in [1.54, 1.807) is 6.07 Å². The van der Waals surface area contributed by atoms with Crippen molar-refractivity contribution < 1.29 is 13.9 Å². The van der Waals surface area contributed by atoms with Crippen LogP contribution in [0.2, 0.25) is 0 Å². The summed E-state index contributed by atoms with van der Waals surface area (Å²) in [5.41, 5.74) is 3.75. The smallest absolute Gasteiger partial charge is 0.301 e. The molecular weight excluding hydrogens is 312 g/mol. The first-order valence-corrected chi connectivity index (χ1v) is 6.39. The maximum absolute atomic E-state index is 11.4. The van der Waals surface area contributed by atoms with Crippen molar-refractivity contribution in [3.63, 3.8) is 0 Å². The highest BCUT2D eigenvalue weighted by Gasteiger charge is 2.13. The van der Waals surface area contributed by atoms with Gasteiger partial charge in [0.2, 0.25) is 0 Å². The average molecular weight is 325 g/mol. The summed E-state index contributed by atoms with van der Waals surface area (Å²) in [5, 5.41) is 0. The van der Waals surface area contributed by atoms with Crippen LogP contribution in [0.15, 0.2) is 45.5 Å². The molecule has 1 heterocycles. The first kappa shape index (κ1) is 13.8. The Kier molecular flexibility index (Phi) is 4.73. The summed E-state index contributed by atoms with van der Waals surface area (Å²) in [4.78, 5) is 11.4. The van der Waals surface area contributed by atoms with Crippen LogP contribution in [0, 0.1) is 0 Å². The average Bonchev–Trinajstić information content (AvgIpc) is 2.88. The number of nitrogens with two attached hydrogens (primary N) is 1. The lowest BCUT2D eigenvalue weighted by Gasteiger charge is -2.04. The van der Waals surface area contributed by atoms with Crippen molar-refractivity contribution >= 4 is 21.8 Å². The Balaban J connectivity index is 1.91. The van der Waals surface area contributed by atoms with E-state index in [0.717, 1.165) is 10.0 Å². The molecule has 0 atom stereocenters. The molecule has 0 spiro atoms. The second kappa shape index (κ2) is 6.51. The molecule has 0 bridgehead atoms. The highest BCUT2D eigenvalue weighted by Crippen LogP contribution is 2.14. The molecule has 1 aromatic heterocycles. The molecule has 3 N–H and O–H groups in total. The molecule has 0 unspecified atom stereocenters. The summed E-state index contributed by atoms with van der Waals surface area (Å²) in [6.07, 6.45) is 1.43. The standard InChI is InChI=1S/C13H13BrN2O3/c14-11-3-1-9(2-4-11)7-18-8-10-5-6-19-12(10)13(17)16-15/h1-6H,7-8,15H2,(H,16,17). The number of hydrogen-bond donors (Lipinski definition) is 2. The van der Waals surface area contributed by atoms with E-state index in [9.17, 15) is 4.79 Å². The van der Waals surface area contributed by atoms with Gasteiger partial charge < -0.3 is 9.15 Å². The minimum atomic E-state index is -0.466. The Morgan fingerprint density at radius 2 is 2.00 bits per heavy atom. The van der Waals surface area contributed by atoms with Gasteiger partial charge >= 0.3 is 5.91 Å². The second-order valence-corrected chi connectivity index (χ2v) is 4.78. The van der Waals surface area contributed by atoms with Crippen molar-refractivity contribution in [3.8, 4) is 0 Å². The Bertz CT molecular complexity index is 551. The Morgan fingerprint density at radius 1 is 1.26 bits per heavy atom. The van der Waals surface area contributed by atoms with Gasteiger partial charge in [0.15, 0.2) is 5.76 Å². The summed E-state index contributed by atoms with van der Waals surface area (Å²) in [7, 11) is 0. The van der Waals surface area contributed by atoms with Gasteiger partial charge in [0, 0.05) is 10.0 Å². The molecule has 6 heteroatoms. The Labute approximate surface area is 118 Å². The zero-order valence-electron chi connectivity index (χ0n) is 10.1. The van der Waals surface area contributed by atoms with Crippen molar-refractivity contribution in [2.75, 3.05) is 0 Å². The molecular formula is C13H13BrN2O3. The number of hydrogen-bond acceptors (Lipinski definition) is 4. The van der Waals surface area contributed by atoms with E-state index in [4.69, 9.17) is 15.0 Å². The third kappa shape index (κ3) is 3.66. The van der Waals surface area contributed by atoms with Crippen LogP contribution in [0.1, 0.15) is 21.7 Å². The molecule has 0 radical (unpaired) electrons. The summed E-state index contributed by atoms with van der Waals surface area (Å²) in [6, 6.07) is 9.51. The van der Waals surface area contributed by atoms with Gasteiger partial charge in [0.05, 0.1) is 19.5 Å². The predicted octanol–water partition coefficient (Wildman–Crippen LogP) is 2.36. The number of ether oxygens (including phenoxy) is 1. The molecule has 0 fully saturated rings. The first-order chi connectivity index (χ1) is 9.20. The predicted molar refractivity (Wildman–Crippen MR) is 73.0 cm³/mol. The molecule has 0 aliphatic heterocycles. The van der Waals surface area contributed by atoms with Crippen LogP contribution < -0.4 is 11.3 Å². The SMILES string of the molecule is NNC(=O)c1occc1COCc1ccc(Br)cc1. The van der Waals surface area contributed by atoms with Crippen LogP contribution in [-0.2, 0) is 18.0 Å².